The Balaban J connectivity index is 0.000000296. The van der Waals surface area contributed by atoms with E-state index in [4.69, 9.17) is 9.40 Å². The quantitative estimate of drug-likeness (QED) is 0.123. The maximum absolute atomic E-state index is 6.91. The Bertz CT molecular complexity index is 3620. The molecule has 0 N–H and O–H groups in total. The zero-order valence-corrected chi connectivity index (χ0v) is 43.6. The molecule has 1 radical (unpaired) electrons. The second-order valence-corrected chi connectivity index (χ2v) is 20.7. The zero-order valence-electron chi connectivity index (χ0n) is 41.2. The first-order valence-corrected chi connectivity index (χ1v) is 23.9. The zero-order chi connectivity index (χ0) is 47.5. The van der Waals surface area contributed by atoms with Crippen LogP contribution in [-0.2, 0) is 30.9 Å². The summed E-state index contributed by atoms with van der Waals surface area (Å²) in [5.41, 5.74) is 14.1. The summed E-state index contributed by atoms with van der Waals surface area (Å²) in [6, 6.07) is 60.5. The standard InChI is InChI=1S/C49H43N2O.C14H15N2.Ir/c1-29(2)39-25-34(31-14-9-8-10-15-31)26-40(30(3)4)46(39)51-44-27-35(49(5,6)7)22-23-43(44)50-48(51)38-19-13-18-37-42-24-33-21-20-32-16-11-12-17-36(32)41(33)28-45(42)52-47(37)38;1-14(2,3)12-9-10-15-13(16-12)11-7-5-4-6-8-11;/h8-18,20-30H,1-7H3;4-7,9-10H,1-3H3;/q2*-1;. The van der Waals surface area contributed by atoms with Crippen molar-refractivity contribution in [2.24, 2.45) is 0 Å². The maximum Gasteiger partial charge on any atom is 0.121 e. The van der Waals surface area contributed by atoms with Crippen LogP contribution in [0.5, 0.6) is 0 Å². The molecule has 0 aliphatic heterocycles. The van der Waals surface area contributed by atoms with E-state index < -0.39 is 0 Å². The molecule has 0 spiro atoms. The molecule has 0 atom stereocenters. The third kappa shape index (κ3) is 9.05. The first-order chi connectivity index (χ1) is 32.6. The Morgan fingerprint density at radius 3 is 1.97 bits per heavy atom. The smallest absolute Gasteiger partial charge is 0.121 e. The van der Waals surface area contributed by atoms with Crippen molar-refractivity contribution in [2.75, 3.05) is 0 Å². The van der Waals surface area contributed by atoms with E-state index >= 15 is 0 Å². The van der Waals surface area contributed by atoms with Gasteiger partial charge in [0.05, 0.1) is 28.3 Å². The first-order valence-electron chi connectivity index (χ1n) is 23.9. The van der Waals surface area contributed by atoms with Crippen molar-refractivity contribution >= 4 is 54.5 Å². The molecule has 347 valence electrons. The van der Waals surface area contributed by atoms with Crippen molar-refractivity contribution in [1.82, 2.24) is 19.5 Å². The molecule has 3 heterocycles. The minimum absolute atomic E-state index is 0. The third-order valence-electron chi connectivity index (χ3n) is 13.2. The molecule has 8 aromatic carbocycles. The fourth-order valence-corrected chi connectivity index (χ4v) is 9.40. The van der Waals surface area contributed by atoms with Gasteiger partial charge in [-0.05, 0) is 109 Å². The average Bonchev–Trinajstić information content (AvgIpc) is 3.91. The van der Waals surface area contributed by atoms with Crippen LogP contribution in [0.15, 0.2) is 162 Å². The van der Waals surface area contributed by atoms with Crippen LogP contribution in [0.3, 0.4) is 0 Å². The average molecular weight is 1080 g/mol. The number of fused-ring (bicyclic) bond motifs is 7. The minimum Gasteiger partial charge on any atom is -0.501 e. The van der Waals surface area contributed by atoms with Crippen molar-refractivity contribution in [3.05, 3.63) is 192 Å². The molecule has 0 unspecified atom stereocenters. The van der Waals surface area contributed by atoms with Gasteiger partial charge in [-0.15, -0.1) is 54.1 Å². The number of rotatable bonds is 6. The molecule has 6 heteroatoms. The summed E-state index contributed by atoms with van der Waals surface area (Å²) in [7, 11) is 0. The fraction of sp³-hybridized carbons (Fsp3) is 0.222. The molecule has 0 saturated heterocycles. The Morgan fingerprint density at radius 1 is 0.565 bits per heavy atom. The van der Waals surface area contributed by atoms with Gasteiger partial charge >= 0.3 is 0 Å². The molecule has 11 aromatic rings. The van der Waals surface area contributed by atoms with Crippen LogP contribution in [-0.4, -0.2) is 19.5 Å². The minimum atomic E-state index is -0.0283. The second-order valence-electron chi connectivity index (χ2n) is 20.7. The van der Waals surface area contributed by atoms with E-state index in [9.17, 15) is 0 Å². The summed E-state index contributed by atoms with van der Waals surface area (Å²) in [4.78, 5) is 14.3. The molecule has 11 rings (SSSR count). The van der Waals surface area contributed by atoms with Crippen molar-refractivity contribution in [2.45, 2.75) is 91.9 Å². The number of furan rings is 1. The Morgan fingerprint density at radius 2 is 1.28 bits per heavy atom. The van der Waals surface area contributed by atoms with Gasteiger partial charge in [0.25, 0.3) is 0 Å². The Kier molecular flexibility index (Phi) is 12.8. The fourth-order valence-electron chi connectivity index (χ4n) is 9.40. The number of hydrogen-bond acceptors (Lipinski definition) is 4. The molecule has 5 nitrogen and oxygen atoms in total. The van der Waals surface area contributed by atoms with E-state index in [2.05, 4.69) is 211 Å². The topological polar surface area (TPSA) is 56.7 Å². The van der Waals surface area contributed by atoms with E-state index in [0.29, 0.717) is 0 Å². The van der Waals surface area contributed by atoms with E-state index in [1.165, 1.54) is 55.0 Å². The molecule has 0 aliphatic rings. The van der Waals surface area contributed by atoms with Crippen LogP contribution in [0.1, 0.15) is 103 Å². The molecular formula is C63H58IrN4O-2. The molecule has 0 bridgehead atoms. The first kappa shape index (κ1) is 47.3. The predicted molar refractivity (Wildman–Crippen MR) is 285 cm³/mol. The van der Waals surface area contributed by atoms with Crippen LogP contribution in [0.2, 0.25) is 0 Å². The van der Waals surface area contributed by atoms with Crippen molar-refractivity contribution < 1.29 is 24.5 Å². The predicted octanol–water partition coefficient (Wildman–Crippen LogP) is 17.1. The number of benzene rings is 8. The number of hydrogen-bond donors (Lipinski definition) is 0. The molecule has 0 fully saturated rings. The molecule has 0 saturated carbocycles. The SMILES string of the molecule is CC(C)(C)c1ccnc(-c2[c-]cccc2)n1.CC(C)c1cc(-c2ccccc2)cc(C(C)C)c1-n1c(-c2[c-]ccc3c2oc2cc4c(ccc5ccccc54)cc23)nc2ccc(C(C)(C)C)cc21.[Ir]. The van der Waals surface area contributed by atoms with Gasteiger partial charge in [0, 0.05) is 48.5 Å². The normalized spacial score (nSPS) is 12.1. The molecular weight excluding hydrogens is 1020 g/mol. The van der Waals surface area contributed by atoms with Crippen molar-refractivity contribution in [3.8, 4) is 39.6 Å². The largest absolute Gasteiger partial charge is 0.501 e. The summed E-state index contributed by atoms with van der Waals surface area (Å²) >= 11 is 0. The number of imidazole rings is 1. The van der Waals surface area contributed by atoms with Crippen molar-refractivity contribution in [1.29, 1.82) is 0 Å². The van der Waals surface area contributed by atoms with Gasteiger partial charge < -0.3 is 8.98 Å². The van der Waals surface area contributed by atoms with Crippen molar-refractivity contribution in [3.63, 3.8) is 0 Å². The van der Waals surface area contributed by atoms with Crippen LogP contribution in [0.25, 0.3) is 94.1 Å². The second kappa shape index (κ2) is 18.6. The monoisotopic (exact) mass is 1080 g/mol. The van der Waals surface area contributed by atoms with E-state index in [1.54, 1.807) is 0 Å². The van der Waals surface area contributed by atoms with Crippen LogP contribution in [0, 0.1) is 12.1 Å². The summed E-state index contributed by atoms with van der Waals surface area (Å²) in [6.07, 6.45) is 1.81. The van der Waals surface area contributed by atoms with Gasteiger partial charge in [0.2, 0.25) is 0 Å². The van der Waals surface area contributed by atoms with Gasteiger partial charge in [-0.25, -0.2) is 0 Å². The van der Waals surface area contributed by atoms with Gasteiger partial charge in [0.15, 0.2) is 0 Å². The number of aromatic nitrogens is 4. The van der Waals surface area contributed by atoms with E-state index in [1.807, 2.05) is 42.6 Å². The summed E-state index contributed by atoms with van der Waals surface area (Å²) < 4.78 is 9.33. The van der Waals surface area contributed by atoms with Gasteiger partial charge in [-0.3, -0.25) is 15.0 Å². The van der Waals surface area contributed by atoms with E-state index in [-0.39, 0.29) is 42.8 Å². The molecule has 3 aromatic heterocycles. The number of nitrogens with zero attached hydrogens (tertiary/aromatic N) is 4. The van der Waals surface area contributed by atoms with Crippen LogP contribution >= 0.6 is 0 Å². The van der Waals surface area contributed by atoms with E-state index in [0.717, 1.165) is 61.4 Å². The van der Waals surface area contributed by atoms with Crippen LogP contribution < -0.4 is 0 Å². The third-order valence-corrected chi connectivity index (χ3v) is 13.2. The Hall–Kier alpha value is -6.72. The van der Waals surface area contributed by atoms with Gasteiger partial charge in [-0.2, -0.15) is 0 Å². The van der Waals surface area contributed by atoms with Gasteiger partial charge in [0.1, 0.15) is 5.58 Å². The summed E-state index contributed by atoms with van der Waals surface area (Å²) in [6.45, 7) is 22.5. The van der Waals surface area contributed by atoms with Gasteiger partial charge in [-0.1, -0.05) is 153 Å². The summed E-state index contributed by atoms with van der Waals surface area (Å²) in [5, 5.41) is 7.02. The van der Waals surface area contributed by atoms with Crippen LogP contribution in [0.4, 0.5) is 0 Å². The molecule has 69 heavy (non-hydrogen) atoms. The molecule has 0 aliphatic carbocycles. The maximum atomic E-state index is 6.91. The Labute approximate surface area is 420 Å². The molecule has 0 amide bonds. The summed E-state index contributed by atoms with van der Waals surface area (Å²) in [5.74, 6) is 2.12.